The maximum atomic E-state index is 4.42. The Bertz CT molecular complexity index is 272. The zero-order chi connectivity index (χ0) is 13.2. The van der Waals surface area contributed by atoms with E-state index in [0.717, 1.165) is 11.8 Å². The summed E-state index contributed by atoms with van der Waals surface area (Å²) >= 11 is 0. The Morgan fingerprint density at radius 3 is 2.00 bits per heavy atom. The van der Waals surface area contributed by atoms with Crippen LogP contribution >= 0.6 is 0 Å². The van der Waals surface area contributed by atoms with Gasteiger partial charge in [0.05, 0.1) is 0 Å². The van der Waals surface area contributed by atoms with Gasteiger partial charge in [-0.3, -0.25) is 0 Å². The monoisotopic (exact) mass is 249 g/mol. The molecule has 1 heterocycles. The van der Waals surface area contributed by atoms with Crippen molar-refractivity contribution in [2.24, 2.45) is 17.3 Å². The molecular formula is C17H31N. The molecule has 0 radical (unpaired) electrons. The fourth-order valence-corrected chi connectivity index (χ4v) is 3.73. The number of hydrogen-bond acceptors (Lipinski definition) is 1. The van der Waals surface area contributed by atoms with Gasteiger partial charge in [0.2, 0.25) is 0 Å². The van der Waals surface area contributed by atoms with E-state index in [1.54, 1.807) is 0 Å². The van der Waals surface area contributed by atoms with E-state index < -0.39 is 0 Å². The minimum Gasteiger partial charge on any atom is -0.375 e. The van der Waals surface area contributed by atoms with Crippen LogP contribution in [-0.4, -0.2) is 18.0 Å². The summed E-state index contributed by atoms with van der Waals surface area (Å²) in [5.41, 5.74) is 1.94. The SMILES string of the molecule is C=C(C1CCCCC1)N1CCC(C(C)(C)C)CC1. The highest BCUT2D eigenvalue weighted by Gasteiger charge is 2.30. The summed E-state index contributed by atoms with van der Waals surface area (Å²) in [4.78, 5) is 2.60. The van der Waals surface area contributed by atoms with E-state index in [4.69, 9.17) is 0 Å². The van der Waals surface area contributed by atoms with Crippen LogP contribution in [-0.2, 0) is 0 Å². The lowest BCUT2D eigenvalue weighted by Gasteiger charge is -2.42. The largest absolute Gasteiger partial charge is 0.375 e. The third-order valence-corrected chi connectivity index (χ3v) is 5.20. The molecule has 0 atom stereocenters. The lowest BCUT2D eigenvalue weighted by atomic mass is 9.75. The van der Waals surface area contributed by atoms with E-state index in [1.165, 1.54) is 63.7 Å². The van der Waals surface area contributed by atoms with Gasteiger partial charge in [-0.05, 0) is 42.9 Å². The lowest BCUT2D eigenvalue weighted by molar-refractivity contribution is 0.122. The van der Waals surface area contributed by atoms with Gasteiger partial charge in [-0.2, -0.15) is 0 Å². The summed E-state index contributed by atoms with van der Waals surface area (Å²) in [6.07, 6.45) is 9.76. The second-order valence-electron chi connectivity index (χ2n) is 7.45. The first-order valence-electron chi connectivity index (χ1n) is 7.92. The smallest absolute Gasteiger partial charge is 0.0177 e. The number of piperidine rings is 1. The first-order valence-corrected chi connectivity index (χ1v) is 7.92. The minimum atomic E-state index is 0.484. The molecule has 0 aromatic heterocycles. The van der Waals surface area contributed by atoms with Crippen LogP contribution in [0.5, 0.6) is 0 Å². The van der Waals surface area contributed by atoms with Gasteiger partial charge in [0.25, 0.3) is 0 Å². The van der Waals surface area contributed by atoms with E-state index in [-0.39, 0.29) is 0 Å². The fourth-order valence-electron chi connectivity index (χ4n) is 3.73. The van der Waals surface area contributed by atoms with Gasteiger partial charge in [-0.1, -0.05) is 46.6 Å². The Balaban J connectivity index is 1.83. The molecule has 1 heteroatoms. The molecule has 2 fully saturated rings. The summed E-state index contributed by atoms with van der Waals surface area (Å²) in [5.74, 6) is 1.69. The van der Waals surface area contributed by atoms with Crippen LogP contribution in [0.1, 0.15) is 65.7 Å². The van der Waals surface area contributed by atoms with E-state index in [0.29, 0.717) is 5.41 Å². The Labute approximate surface area is 114 Å². The lowest BCUT2D eigenvalue weighted by Crippen LogP contribution is -2.39. The second-order valence-corrected chi connectivity index (χ2v) is 7.45. The molecule has 2 rings (SSSR count). The van der Waals surface area contributed by atoms with Gasteiger partial charge >= 0.3 is 0 Å². The van der Waals surface area contributed by atoms with E-state index >= 15 is 0 Å². The van der Waals surface area contributed by atoms with Gasteiger partial charge in [-0.25, -0.2) is 0 Å². The first-order chi connectivity index (χ1) is 8.48. The van der Waals surface area contributed by atoms with Gasteiger partial charge in [-0.15, -0.1) is 0 Å². The molecule has 0 aromatic rings. The average molecular weight is 249 g/mol. The van der Waals surface area contributed by atoms with Gasteiger partial charge in [0.1, 0.15) is 0 Å². The Hall–Kier alpha value is -0.460. The molecule has 0 amide bonds. The van der Waals surface area contributed by atoms with Crippen LogP contribution in [0.25, 0.3) is 0 Å². The quantitative estimate of drug-likeness (QED) is 0.677. The van der Waals surface area contributed by atoms with Crippen molar-refractivity contribution in [3.8, 4) is 0 Å². The van der Waals surface area contributed by atoms with Crippen molar-refractivity contribution >= 4 is 0 Å². The predicted octanol–water partition coefficient (Wildman–Crippen LogP) is 4.84. The third-order valence-electron chi connectivity index (χ3n) is 5.20. The topological polar surface area (TPSA) is 3.24 Å². The van der Waals surface area contributed by atoms with Crippen LogP contribution in [0.15, 0.2) is 12.3 Å². The Morgan fingerprint density at radius 2 is 1.50 bits per heavy atom. The molecule has 0 N–H and O–H groups in total. The number of hydrogen-bond donors (Lipinski definition) is 0. The van der Waals surface area contributed by atoms with Crippen LogP contribution in [0, 0.1) is 17.3 Å². The zero-order valence-corrected chi connectivity index (χ0v) is 12.7. The van der Waals surface area contributed by atoms with Crippen molar-refractivity contribution in [1.29, 1.82) is 0 Å². The van der Waals surface area contributed by atoms with Crippen molar-refractivity contribution in [3.63, 3.8) is 0 Å². The highest BCUT2D eigenvalue weighted by Crippen LogP contribution is 2.37. The molecule has 1 saturated carbocycles. The zero-order valence-electron chi connectivity index (χ0n) is 12.7. The first kappa shape index (κ1) is 14.0. The summed E-state index contributed by atoms with van der Waals surface area (Å²) < 4.78 is 0. The Kier molecular flexibility index (Phi) is 4.40. The molecule has 2 aliphatic rings. The minimum absolute atomic E-state index is 0.484. The van der Waals surface area contributed by atoms with E-state index in [1.807, 2.05) is 0 Å². The molecule has 0 bridgehead atoms. The second kappa shape index (κ2) is 5.67. The van der Waals surface area contributed by atoms with E-state index in [2.05, 4.69) is 32.3 Å². The van der Waals surface area contributed by atoms with Gasteiger partial charge in [0.15, 0.2) is 0 Å². The van der Waals surface area contributed by atoms with E-state index in [9.17, 15) is 0 Å². The molecule has 0 unspecified atom stereocenters. The summed E-state index contributed by atoms with van der Waals surface area (Å²) in [6.45, 7) is 14.1. The molecule has 0 spiro atoms. The molecule has 1 aliphatic heterocycles. The number of likely N-dealkylation sites (tertiary alicyclic amines) is 1. The highest BCUT2D eigenvalue weighted by atomic mass is 15.1. The number of allylic oxidation sites excluding steroid dienone is 1. The predicted molar refractivity (Wildman–Crippen MR) is 79.5 cm³/mol. The average Bonchev–Trinajstić information content (AvgIpc) is 2.38. The number of rotatable bonds is 2. The van der Waals surface area contributed by atoms with Gasteiger partial charge < -0.3 is 4.90 Å². The number of nitrogens with zero attached hydrogens (tertiary/aromatic N) is 1. The maximum absolute atomic E-state index is 4.42. The van der Waals surface area contributed by atoms with Crippen LogP contribution in [0.2, 0.25) is 0 Å². The Morgan fingerprint density at radius 1 is 0.944 bits per heavy atom. The standard InChI is InChI=1S/C17H31N/c1-14(15-8-6-5-7-9-15)18-12-10-16(11-13-18)17(2,3)4/h15-16H,1,5-13H2,2-4H3. The highest BCUT2D eigenvalue weighted by molar-refractivity contribution is 5.03. The van der Waals surface area contributed by atoms with Gasteiger partial charge in [0, 0.05) is 18.8 Å². The van der Waals surface area contributed by atoms with Crippen molar-refractivity contribution in [3.05, 3.63) is 12.3 Å². The van der Waals surface area contributed by atoms with Crippen molar-refractivity contribution in [2.75, 3.05) is 13.1 Å². The van der Waals surface area contributed by atoms with Crippen molar-refractivity contribution in [1.82, 2.24) is 4.90 Å². The molecular weight excluding hydrogens is 218 g/mol. The maximum Gasteiger partial charge on any atom is 0.0177 e. The molecule has 0 aromatic carbocycles. The molecule has 1 aliphatic carbocycles. The fraction of sp³-hybridized carbons (Fsp3) is 0.882. The van der Waals surface area contributed by atoms with Crippen LogP contribution in [0.4, 0.5) is 0 Å². The molecule has 18 heavy (non-hydrogen) atoms. The van der Waals surface area contributed by atoms with Crippen LogP contribution < -0.4 is 0 Å². The van der Waals surface area contributed by atoms with Crippen molar-refractivity contribution < 1.29 is 0 Å². The summed E-state index contributed by atoms with van der Waals surface area (Å²) in [7, 11) is 0. The molecule has 104 valence electrons. The summed E-state index contributed by atoms with van der Waals surface area (Å²) in [6, 6.07) is 0. The third kappa shape index (κ3) is 3.30. The molecule has 1 saturated heterocycles. The molecule has 1 nitrogen and oxygen atoms in total. The normalized spacial score (nSPS) is 24.3. The summed E-state index contributed by atoms with van der Waals surface area (Å²) in [5, 5.41) is 0. The van der Waals surface area contributed by atoms with Crippen molar-refractivity contribution in [2.45, 2.75) is 65.7 Å². The van der Waals surface area contributed by atoms with Crippen LogP contribution in [0.3, 0.4) is 0 Å².